The fraction of sp³-hybridized carbons (Fsp3) is 0.311. The number of benzene rings is 4. The molecule has 0 fully saturated rings. The van der Waals surface area contributed by atoms with Gasteiger partial charge in [0.25, 0.3) is 0 Å². The topological polar surface area (TPSA) is 17.8 Å². The van der Waals surface area contributed by atoms with Gasteiger partial charge in [-0.25, -0.2) is 4.98 Å². The van der Waals surface area contributed by atoms with Gasteiger partial charge < -0.3 is 0 Å². The molecule has 3 heterocycles. The Balaban J connectivity index is 1.58. The fourth-order valence-corrected chi connectivity index (χ4v) is 8.71. The van der Waals surface area contributed by atoms with Crippen molar-refractivity contribution in [3.05, 3.63) is 112 Å². The third kappa shape index (κ3) is 4.45. The number of allylic oxidation sites excluding steroid dienone is 4. The molecule has 0 radical (unpaired) electrons. The fourth-order valence-electron chi connectivity index (χ4n) is 8.71. The van der Waals surface area contributed by atoms with Gasteiger partial charge in [0.15, 0.2) is 0 Å². The molecular weight excluding hydrogens is 579 g/mol. The second-order valence-corrected chi connectivity index (χ2v) is 16.7. The summed E-state index contributed by atoms with van der Waals surface area (Å²) in [6, 6.07) is 19.3. The molecule has 5 aromatic rings. The van der Waals surface area contributed by atoms with Gasteiger partial charge in [-0.15, -0.1) is 0 Å². The SMILES string of the molecule is CC1=CC#CC(c2cc(-c3c(C)cc(C)cc3C)c3c4c2-n2cnc5cc(C(C)(C)C)cc(c52)B4c2cc(C(C)(C)C)ccc2-3)C(C)=C1. The molecule has 3 aliphatic rings. The van der Waals surface area contributed by atoms with E-state index in [-0.39, 0.29) is 23.5 Å². The monoisotopic (exact) mass is 624 g/mol. The predicted octanol–water partition coefficient (Wildman–Crippen LogP) is 9.02. The van der Waals surface area contributed by atoms with Crippen LogP contribution < -0.4 is 16.4 Å². The van der Waals surface area contributed by atoms with Crippen LogP contribution in [0.25, 0.3) is 39.0 Å². The maximum atomic E-state index is 5.12. The highest BCUT2D eigenvalue weighted by atomic mass is 15.1. The van der Waals surface area contributed by atoms with Crippen LogP contribution in [0.5, 0.6) is 0 Å². The quantitative estimate of drug-likeness (QED) is 0.139. The van der Waals surface area contributed by atoms with Crippen molar-refractivity contribution < 1.29 is 0 Å². The summed E-state index contributed by atoms with van der Waals surface area (Å²) in [6.45, 7) is 25.2. The van der Waals surface area contributed by atoms with Crippen molar-refractivity contribution in [2.75, 3.05) is 0 Å². The Morgan fingerprint density at radius 1 is 0.750 bits per heavy atom. The van der Waals surface area contributed by atoms with Crippen LogP contribution in [0.4, 0.5) is 0 Å². The first-order valence-corrected chi connectivity index (χ1v) is 17.4. The van der Waals surface area contributed by atoms with Gasteiger partial charge >= 0.3 is 0 Å². The predicted molar refractivity (Wildman–Crippen MR) is 206 cm³/mol. The third-order valence-corrected chi connectivity index (χ3v) is 10.9. The number of fused-ring (bicyclic) bond motifs is 5. The van der Waals surface area contributed by atoms with Crippen LogP contribution >= 0.6 is 0 Å². The first-order chi connectivity index (χ1) is 22.6. The van der Waals surface area contributed by atoms with Gasteiger partial charge in [0.2, 0.25) is 6.71 Å². The molecule has 0 saturated carbocycles. The van der Waals surface area contributed by atoms with E-state index in [0.29, 0.717) is 0 Å². The third-order valence-electron chi connectivity index (χ3n) is 10.9. The first-order valence-electron chi connectivity index (χ1n) is 17.4. The van der Waals surface area contributed by atoms with Crippen LogP contribution in [0.3, 0.4) is 0 Å². The summed E-state index contributed by atoms with van der Waals surface area (Å²) in [7, 11) is 0. The van der Waals surface area contributed by atoms with E-state index in [1.165, 1.54) is 94.4 Å². The van der Waals surface area contributed by atoms with Gasteiger partial charge in [0.05, 0.1) is 17.0 Å². The van der Waals surface area contributed by atoms with E-state index in [1.54, 1.807) is 0 Å². The van der Waals surface area contributed by atoms with Crippen LogP contribution in [0.1, 0.15) is 94.7 Å². The normalized spacial score (nSPS) is 16.2. The Labute approximate surface area is 287 Å². The average Bonchev–Trinajstić information content (AvgIpc) is 3.52. The minimum absolute atomic E-state index is 0.00188. The number of imidazole rings is 1. The molecule has 2 nitrogen and oxygen atoms in total. The number of nitrogens with zero attached hydrogens (tertiary/aromatic N) is 2. The van der Waals surface area contributed by atoms with Crippen molar-refractivity contribution in [2.24, 2.45) is 0 Å². The van der Waals surface area contributed by atoms with E-state index < -0.39 is 0 Å². The molecule has 1 atom stereocenters. The molecule has 4 aromatic carbocycles. The number of rotatable bonds is 2. The van der Waals surface area contributed by atoms with Gasteiger partial charge in [-0.1, -0.05) is 112 Å². The largest absolute Gasteiger partial charge is 0.300 e. The van der Waals surface area contributed by atoms with Crippen molar-refractivity contribution in [1.29, 1.82) is 0 Å². The van der Waals surface area contributed by atoms with E-state index >= 15 is 0 Å². The van der Waals surface area contributed by atoms with Gasteiger partial charge in [-0.05, 0) is 130 Å². The number of aromatic nitrogens is 2. The molecule has 238 valence electrons. The Morgan fingerprint density at radius 2 is 1.44 bits per heavy atom. The van der Waals surface area contributed by atoms with Crippen molar-refractivity contribution in [3.8, 4) is 39.8 Å². The number of hydrogen-bond donors (Lipinski definition) is 0. The second kappa shape index (κ2) is 10.2. The highest BCUT2D eigenvalue weighted by Gasteiger charge is 2.45. The highest BCUT2D eigenvalue weighted by molar-refractivity contribution is 7.01. The maximum absolute atomic E-state index is 5.12. The Bertz CT molecular complexity index is 2350. The van der Waals surface area contributed by atoms with Gasteiger partial charge in [-0.2, -0.15) is 0 Å². The molecular formula is C45H45BN2. The van der Waals surface area contributed by atoms with E-state index in [4.69, 9.17) is 4.98 Å². The lowest BCUT2D eigenvalue weighted by Crippen LogP contribution is -2.54. The molecule has 1 aromatic heterocycles. The molecule has 0 N–H and O–H groups in total. The minimum atomic E-state index is -0.0360. The van der Waals surface area contributed by atoms with Crippen molar-refractivity contribution >= 4 is 34.1 Å². The highest BCUT2D eigenvalue weighted by Crippen LogP contribution is 2.45. The Kier molecular flexibility index (Phi) is 6.56. The molecule has 2 aliphatic heterocycles. The molecule has 0 amide bonds. The van der Waals surface area contributed by atoms with Gasteiger partial charge in [0.1, 0.15) is 6.33 Å². The lowest BCUT2D eigenvalue weighted by molar-refractivity contribution is 0.591. The van der Waals surface area contributed by atoms with Gasteiger partial charge in [0, 0.05) is 5.69 Å². The summed E-state index contributed by atoms with van der Waals surface area (Å²) in [5.41, 5.74) is 23.6. The lowest BCUT2D eigenvalue weighted by Gasteiger charge is -2.31. The second-order valence-electron chi connectivity index (χ2n) is 16.7. The zero-order valence-electron chi connectivity index (χ0n) is 30.4. The van der Waals surface area contributed by atoms with Crippen molar-refractivity contribution in [3.63, 3.8) is 0 Å². The van der Waals surface area contributed by atoms with Crippen LogP contribution in [-0.4, -0.2) is 16.3 Å². The summed E-state index contributed by atoms with van der Waals surface area (Å²) in [5, 5.41) is 0. The van der Waals surface area contributed by atoms with E-state index in [1.807, 2.05) is 0 Å². The lowest BCUT2D eigenvalue weighted by atomic mass is 9.37. The summed E-state index contributed by atoms with van der Waals surface area (Å²) >= 11 is 0. The summed E-state index contributed by atoms with van der Waals surface area (Å²) < 4.78 is 2.41. The summed E-state index contributed by atoms with van der Waals surface area (Å²) in [4.78, 5) is 5.12. The van der Waals surface area contributed by atoms with Crippen molar-refractivity contribution in [1.82, 2.24) is 9.55 Å². The zero-order chi connectivity index (χ0) is 34.0. The molecule has 1 unspecified atom stereocenters. The molecule has 1 aliphatic carbocycles. The Hall–Kier alpha value is -4.55. The molecule has 0 saturated heterocycles. The molecule has 48 heavy (non-hydrogen) atoms. The van der Waals surface area contributed by atoms with Gasteiger partial charge in [-0.3, -0.25) is 4.57 Å². The van der Waals surface area contributed by atoms with Crippen LogP contribution in [-0.2, 0) is 10.8 Å². The first kappa shape index (κ1) is 30.8. The maximum Gasteiger partial charge on any atom is 0.248 e. The molecule has 3 heteroatoms. The number of aryl methyl sites for hydroxylation is 3. The number of hydrogen-bond acceptors (Lipinski definition) is 1. The summed E-state index contributed by atoms with van der Waals surface area (Å²) in [6.07, 6.45) is 6.44. The average molecular weight is 625 g/mol. The smallest absolute Gasteiger partial charge is 0.248 e. The Morgan fingerprint density at radius 3 is 2.12 bits per heavy atom. The molecule has 0 spiro atoms. The van der Waals surface area contributed by atoms with E-state index in [9.17, 15) is 0 Å². The van der Waals surface area contributed by atoms with E-state index in [2.05, 4.69) is 160 Å². The molecule has 8 rings (SSSR count). The summed E-state index contributed by atoms with van der Waals surface area (Å²) in [5.74, 6) is 7.09. The van der Waals surface area contributed by atoms with E-state index in [0.717, 1.165) is 5.52 Å². The minimum Gasteiger partial charge on any atom is -0.300 e. The van der Waals surface area contributed by atoms with Crippen LogP contribution in [0.15, 0.2) is 78.2 Å². The molecule has 0 bridgehead atoms. The van der Waals surface area contributed by atoms with Crippen LogP contribution in [0.2, 0.25) is 0 Å². The standard InChI is InChI=1S/C45H45BN2/c1-25-13-12-14-32(27(3)17-25)34-23-35(39-28(4)18-26(2)19-29(39)5)40-33-16-15-30(44(6,7)8)20-36(33)46-37-21-31(45(9,10)11)22-38-43(37)48(24-47-38)42(34)41(40)46/h13,15-24,32H,1-11H3. The zero-order valence-corrected chi connectivity index (χ0v) is 30.4. The van der Waals surface area contributed by atoms with Crippen molar-refractivity contribution in [2.45, 2.75) is 92.9 Å². The van der Waals surface area contributed by atoms with Crippen LogP contribution in [0, 0.1) is 32.6 Å².